The molecule has 0 saturated carbocycles. The maximum atomic E-state index is 13.0. The average Bonchev–Trinajstić information content (AvgIpc) is 3.14. The van der Waals surface area contributed by atoms with Crippen LogP contribution in [0.5, 0.6) is 17.2 Å². The Hall–Kier alpha value is -2.51. The molecule has 1 aliphatic rings. The van der Waals surface area contributed by atoms with Crippen molar-refractivity contribution in [1.29, 1.82) is 0 Å². The first-order valence-corrected chi connectivity index (χ1v) is 13.5. The lowest BCUT2D eigenvalue weighted by molar-refractivity contribution is -0.122. The Balaban J connectivity index is 1.56. The molecule has 1 heterocycles. The highest BCUT2D eigenvalue weighted by atomic mass is 32.2. The van der Waals surface area contributed by atoms with Crippen molar-refractivity contribution in [2.24, 2.45) is 0 Å². The molecule has 0 spiro atoms. The van der Waals surface area contributed by atoms with Crippen LogP contribution in [0.2, 0.25) is 0 Å². The highest BCUT2D eigenvalue weighted by Gasteiger charge is 2.31. The van der Waals surface area contributed by atoms with E-state index in [2.05, 4.69) is 6.92 Å². The van der Waals surface area contributed by atoms with Gasteiger partial charge in [0.25, 0.3) is 5.91 Å². The normalized spacial score (nSPS) is 14.6. The number of carbonyl (C=O) groups is 1. The summed E-state index contributed by atoms with van der Waals surface area (Å²) < 4.78 is 17.3. The molecule has 0 aromatic heterocycles. The van der Waals surface area contributed by atoms with Gasteiger partial charge in [-0.15, -0.1) is 0 Å². The van der Waals surface area contributed by atoms with E-state index in [9.17, 15) is 4.79 Å². The van der Waals surface area contributed by atoms with E-state index in [1.165, 1.54) is 43.9 Å². The van der Waals surface area contributed by atoms with Crippen molar-refractivity contribution in [2.75, 3.05) is 27.4 Å². The van der Waals surface area contributed by atoms with Gasteiger partial charge in [0.1, 0.15) is 10.1 Å². The Kier molecular flexibility index (Phi) is 10.9. The van der Waals surface area contributed by atoms with E-state index in [0.717, 1.165) is 35.5 Å². The van der Waals surface area contributed by atoms with Gasteiger partial charge >= 0.3 is 0 Å². The van der Waals surface area contributed by atoms with E-state index >= 15 is 0 Å². The zero-order chi connectivity index (χ0) is 25.0. The van der Waals surface area contributed by atoms with Gasteiger partial charge in [0, 0.05) is 6.54 Å². The number of unbranched alkanes of at least 4 members (excludes halogenated alkanes) is 5. The molecule has 3 rings (SSSR count). The van der Waals surface area contributed by atoms with Crippen LogP contribution < -0.4 is 14.2 Å². The number of nitrogens with zero attached hydrogens (tertiary/aromatic N) is 1. The lowest BCUT2D eigenvalue weighted by atomic mass is 10.1. The number of amides is 1. The number of benzene rings is 2. The lowest BCUT2D eigenvalue weighted by Crippen LogP contribution is -2.30. The quantitative estimate of drug-likeness (QED) is 0.156. The van der Waals surface area contributed by atoms with Crippen LogP contribution in [0, 0.1) is 0 Å². The molecule has 2 aromatic carbocycles. The number of hydrogen-bond acceptors (Lipinski definition) is 6. The maximum absolute atomic E-state index is 13.0. The van der Waals surface area contributed by atoms with Crippen molar-refractivity contribution in [2.45, 2.75) is 51.9 Å². The molecule has 0 N–H and O–H groups in total. The monoisotopic (exact) mass is 513 g/mol. The fourth-order valence-electron chi connectivity index (χ4n) is 3.83. The molecule has 7 heteroatoms. The molecule has 2 aromatic rings. The van der Waals surface area contributed by atoms with E-state index in [1.54, 1.807) is 19.1 Å². The molecule has 188 valence electrons. The van der Waals surface area contributed by atoms with Crippen molar-refractivity contribution in [1.82, 2.24) is 4.90 Å². The zero-order valence-corrected chi connectivity index (χ0v) is 22.5. The zero-order valence-electron chi connectivity index (χ0n) is 20.9. The van der Waals surface area contributed by atoms with Crippen LogP contribution >= 0.6 is 24.0 Å². The Morgan fingerprint density at radius 2 is 1.69 bits per heavy atom. The fraction of sp³-hybridized carbons (Fsp3) is 0.429. The van der Waals surface area contributed by atoms with Crippen molar-refractivity contribution >= 4 is 40.3 Å². The summed E-state index contributed by atoms with van der Waals surface area (Å²) in [6.45, 7) is 3.45. The van der Waals surface area contributed by atoms with Crippen molar-refractivity contribution in [3.8, 4) is 17.2 Å². The molecule has 0 aliphatic carbocycles. The molecule has 1 saturated heterocycles. The summed E-state index contributed by atoms with van der Waals surface area (Å²) in [6, 6.07) is 13.6. The SMILES string of the molecule is CCCCCCCCOc1ccc(/C=C2\SC(=S)N(CCc3ccc(OC)cc3)C2=O)cc1OC. The average molecular weight is 514 g/mol. The van der Waals surface area contributed by atoms with E-state index < -0.39 is 0 Å². The lowest BCUT2D eigenvalue weighted by Gasteiger charge is -2.14. The third-order valence-corrected chi connectivity index (χ3v) is 7.28. The molecule has 0 unspecified atom stereocenters. The van der Waals surface area contributed by atoms with Crippen molar-refractivity contribution in [3.05, 3.63) is 58.5 Å². The first-order valence-electron chi connectivity index (χ1n) is 12.2. The predicted octanol–water partition coefficient (Wildman–Crippen LogP) is 6.89. The molecule has 0 radical (unpaired) electrons. The highest BCUT2D eigenvalue weighted by molar-refractivity contribution is 8.26. The number of thiocarbonyl (C=S) groups is 1. The molecule has 0 bridgehead atoms. The number of methoxy groups -OCH3 is 2. The van der Waals surface area contributed by atoms with Crippen LogP contribution in [0.25, 0.3) is 6.08 Å². The van der Waals surface area contributed by atoms with E-state index in [0.29, 0.717) is 28.1 Å². The van der Waals surface area contributed by atoms with Crippen molar-refractivity contribution < 1.29 is 19.0 Å². The van der Waals surface area contributed by atoms with Gasteiger partial charge in [-0.3, -0.25) is 9.69 Å². The number of rotatable bonds is 14. The number of hydrogen-bond donors (Lipinski definition) is 0. The molecular weight excluding hydrogens is 478 g/mol. The minimum absolute atomic E-state index is 0.0594. The van der Waals surface area contributed by atoms with E-state index in [-0.39, 0.29) is 5.91 Å². The molecule has 0 atom stereocenters. The second kappa shape index (κ2) is 14.1. The van der Waals surface area contributed by atoms with Gasteiger partial charge in [-0.05, 0) is 54.3 Å². The highest BCUT2D eigenvalue weighted by Crippen LogP contribution is 2.35. The van der Waals surface area contributed by atoms with Crippen LogP contribution in [-0.2, 0) is 11.2 Å². The minimum atomic E-state index is -0.0594. The molecule has 1 fully saturated rings. The van der Waals surface area contributed by atoms with Gasteiger partial charge in [-0.2, -0.15) is 0 Å². The smallest absolute Gasteiger partial charge is 0.266 e. The number of thioether (sulfide) groups is 1. The molecule has 1 aliphatic heterocycles. The van der Waals surface area contributed by atoms with Gasteiger partial charge in [0.05, 0.1) is 25.7 Å². The van der Waals surface area contributed by atoms with Crippen LogP contribution in [0.3, 0.4) is 0 Å². The predicted molar refractivity (Wildman–Crippen MR) is 148 cm³/mol. The largest absolute Gasteiger partial charge is 0.497 e. The first kappa shape index (κ1) is 27.1. The molecular formula is C28H35NO4S2. The summed E-state index contributed by atoms with van der Waals surface area (Å²) in [6.07, 6.45) is 9.92. The molecule has 5 nitrogen and oxygen atoms in total. The number of carbonyl (C=O) groups excluding carboxylic acids is 1. The van der Waals surface area contributed by atoms with E-state index in [4.69, 9.17) is 26.4 Å². The second-order valence-corrected chi connectivity index (χ2v) is 10.1. The Labute approximate surface area is 218 Å². The van der Waals surface area contributed by atoms with Gasteiger partial charge in [-0.25, -0.2) is 0 Å². The third kappa shape index (κ3) is 8.00. The van der Waals surface area contributed by atoms with Gasteiger partial charge < -0.3 is 14.2 Å². The summed E-state index contributed by atoms with van der Waals surface area (Å²) >= 11 is 6.83. The van der Waals surface area contributed by atoms with Crippen molar-refractivity contribution in [3.63, 3.8) is 0 Å². The van der Waals surface area contributed by atoms with E-state index in [1.807, 2.05) is 48.5 Å². The van der Waals surface area contributed by atoms with Gasteiger partial charge in [0.2, 0.25) is 0 Å². The van der Waals surface area contributed by atoms with Crippen LogP contribution in [-0.4, -0.2) is 42.5 Å². The maximum Gasteiger partial charge on any atom is 0.266 e. The van der Waals surface area contributed by atoms with Crippen LogP contribution in [0.15, 0.2) is 47.4 Å². The third-order valence-electron chi connectivity index (χ3n) is 5.90. The summed E-state index contributed by atoms with van der Waals surface area (Å²) in [7, 11) is 3.28. The molecule has 1 amide bonds. The van der Waals surface area contributed by atoms with Crippen LogP contribution in [0.1, 0.15) is 56.6 Å². The van der Waals surface area contributed by atoms with Crippen LogP contribution in [0.4, 0.5) is 0 Å². The standard InChI is InChI=1S/C28H35NO4S2/c1-4-5-6-7-8-9-18-33-24-15-12-22(19-25(24)32-3)20-26-27(30)29(28(34)35-26)17-16-21-10-13-23(31-2)14-11-21/h10-15,19-20H,4-9,16-18H2,1-3H3/b26-20-. The van der Waals surface area contributed by atoms with Gasteiger partial charge in [0.15, 0.2) is 11.5 Å². The minimum Gasteiger partial charge on any atom is -0.497 e. The molecule has 35 heavy (non-hydrogen) atoms. The summed E-state index contributed by atoms with van der Waals surface area (Å²) in [5.74, 6) is 2.15. The number of ether oxygens (including phenoxy) is 3. The Bertz CT molecular complexity index is 1020. The first-order chi connectivity index (χ1) is 17.0. The summed E-state index contributed by atoms with van der Waals surface area (Å²) in [4.78, 5) is 15.3. The summed E-state index contributed by atoms with van der Waals surface area (Å²) in [5.41, 5.74) is 2.01. The van der Waals surface area contributed by atoms with Gasteiger partial charge in [-0.1, -0.05) is 81.2 Å². The summed E-state index contributed by atoms with van der Waals surface area (Å²) in [5, 5.41) is 0. The Morgan fingerprint density at radius 1 is 0.943 bits per heavy atom. The second-order valence-electron chi connectivity index (χ2n) is 8.46. The topological polar surface area (TPSA) is 48.0 Å². The Morgan fingerprint density at radius 3 is 2.40 bits per heavy atom. The fourth-order valence-corrected chi connectivity index (χ4v) is 5.14.